The number of carbonyl (C=O) groups excluding carboxylic acids is 1. The Bertz CT molecular complexity index is 900. The quantitative estimate of drug-likeness (QED) is 0.638. The molecule has 2 N–H and O–H groups in total. The summed E-state index contributed by atoms with van der Waals surface area (Å²) in [6, 6.07) is 24.3. The Morgan fingerprint density at radius 2 is 1.62 bits per heavy atom. The van der Waals surface area contributed by atoms with Crippen molar-refractivity contribution in [1.29, 1.82) is 0 Å². The molecule has 0 bridgehead atoms. The molecule has 5 heteroatoms. The fraction of sp³-hybridized carbons (Fsp3) is 0.292. The minimum absolute atomic E-state index is 0.0478. The van der Waals surface area contributed by atoms with Crippen molar-refractivity contribution in [2.45, 2.75) is 25.4 Å². The van der Waals surface area contributed by atoms with E-state index in [1.54, 1.807) is 0 Å². The minimum atomic E-state index is 0.0478. The molecule has 1 aromatic heterocycles. The Morgan fingerprint density at radius 3 is 2.34 bits per heavy atom. The van der Waals surface area contributed by atoms with E-state index in [2.05, 4.69) is 27.7 Å². The zero-order chi connectivity index (χ0) is 19.9. The number of benzene rings is 2. The van der Waals surface area contributed by atoms with Gasteiger partial charge in [0, 0.05) is 30.4 Å². The molecule has 0 saturated carbocycles. The number of furan rings is 1. The van der Waals surface area contributed by atoms with Crippen LogP contribution in [-0.4, -0.2) is 36.5 Å². The molecule has 0 aliphatic carbocycles. The summed E-state index contributed by atoms with van der Waals surface area (Å²) in [4.78, 5) is 14.4. The highest BCUT2D eigenvalue weighted by Crippen LogP contribution is 2.22. The smallest absolute Gasteiger partial charge is 0.238 e. The van der Waals surface area contributed by atoms with Gasteiger partial charge >= 0.3 is 0 Å². The van der Waals surface area contributed by atoms with Gasteiger partial charge in [0.25, 0.3) is 0 Å². The zero-order valence-electron chi connectivity index (χ0n) is 16.5. The predicted octanol–water partition coefficient (Wildman–Crippen LogP) is 4.14. The molecule has 1 aliphatic heterocycles. The van der Waals surface area contributed by atoms with E-state index < -0.39 is 0 Å². The number of hydrogen-bond acceptors (Lipinski definition) is 4. The number of rotatable bonds is 7. The van der Waals surface area contributed by atoms with E-state index in [-0.39, 0.29) is 5.91 Å². The molecule has 0 atom stereocenters. The molecule has 1 fully saturated rings. The number of piperidine rings is 1. The molecule has 150 valence electrons. The number of nitrogens with zero attached hydrogens (tertiary/aromatic N) is 1. The molecule has 1 amide bonds. The van der Waals surface area contributed by atoms with E-state index in [1.807, 2.05) is 60.7 Å². The van der Waals surface area contributed by atoms with Crippen molar-refractivity contribution >= 4 is 11.6 Å². The lowest BCUT2D eigenvalue weighted by Gasteiger charge is -2.31. The molecule has 29 heavy (non-hydrogen) atoms. The molecular weight excluding hydrogens is 362 g/mol. The highest BCUT2D eigenvalue weighted by molar-refractivity contribution is 5.92. The van der Waals surface area contributed by atoms with Crippen LogP contribution >= 0.6 is 0 Å². The average molecular weight is 389 g/mol. The van der Waals surface area contributed by atoms with Crippen LogP contribution in [0.5, 0.6) is 0 Å². The molecule has 1 saturated heterocycles. The van der Waals surface area contributed by atoms with Crippen LogP contribution in [-0.2, 0) is 11.3 Å². The highest BCUT2D eigenvalue weighted by atomic mass is 16.3. The van der Waals surface area contributed by atoms with Crippen LogP contribution in [0.2, 0.25) is 0 Å². The number of para-hydroxylation sites is 1. The fourth-order valence-corrected chi connectivity index (χ4v) is 3.70. The van der Waals surface area contributed by atoms with Gasteiger partial charge in [-0.1, -0.05) is 48.5 Å². The Kier molecular flexibility index (Phi) is 6.39. The Hall–Kier alpha value is -2.89. The average Bonchev–Trinajstić information content (AvgIpc) is 3.24. The van der Waals surface area contributed by atoms with Gasteiger partial charge in [0.1, 0.15) is 11.5 Å². The molecule has 0 radical (unpaired) electrons. The summed E-state index contributed by atoms with van der Waals surface area (Å²) < 4.78 is 5.97. The molecule has 4 rings (SSSR count). The predicted molar refractivity (Wildman–Crippen MR) is 116 cm³/mol. The molecule has 2 aromatic carbocycles. The van der Waals surface area contributed by atoms with Gasteiger partial charge in [-0.25, -0.2) is 0 Å². The largest absolute Gasteiger partial charge is 0.460 e. The van der Waals surface area contributed by atoms with Gasteiger partial charge in [-0.15, -0.1) is 0 Å². The summed E-state index contributed by atoms with van der Waals surface area (Å²) in [7, 11) is 0. The Morgan fingerprint density at radius 1 is 0.931 bits per heavy atom. The van der Waals surface area contributed by atoms with E-state index in [0.717, 1.165) is 55.2 Å². The van der Waals surface area contributed by atoms with Crippen molar-refractivity contribution in [3.63, 3.8) is 0 Å². The Labute approximate surface area is 171 Å². The van der Waals surface area contributed by atoms with Gasteiger partial charge in [0.05, 0.1) is 13.1 Å². The zero-order valence-corrected chi connectivity index (χ0v) is 16.5. The summed E-state index contributed by atoms with van der Waals surface area (Å²) in [6.07, 6.45) is 2.07. The molecule has 0 spiro atoms. The van der Waals surface area contributed by atoms with Crippen molar-refractivity contribution in [1.82, 2.24) is 10.2 Å². The number of amides is 1. The van der Waals surface area contributed by atoms with Crippen LogP contribution in [0.25, 0.3) is 11.3 Å². The number of carbonyl (C=O) groups is 1. The Balaban J connectivity index is 1.18. The maximum atomic E-state index is 12.2. The van der Waals surface area contributed by atoms with Crippen LogP contribution in [0.1, 0.15) is 18.6 Å². The molecule has 0 unspecified atom stereocenters. The number of hydrogen-bond donors (Lipinski definition) is 2. The molecule has 3 aromatic rings. The van der Waals surface area contributed by atoms with Gasteiger partial charge < -0.3 is 15.1 Å². The van der Waals surface area contributed by atoms with Gasteiger partial charge in [0.2, 0.25) is 5.91 Å². The molecule has 2 heterocycles. The van der Waals surface area contributed by atoms with E-state index in [0.29, 0.717) is 12.6 Å². The van der Waals surface area contributed by atoms with Crippen LogP contribution in [0.3, 0.4) is 0 Å². The van der Waals surface area contributed by atoms with Crippen LogP contribution in [0, 0.1) is 0 Å². The third-order valence-corrected chi connectivity index (χ3v) is 5.30. The van der Waals surface area contributed by atoms with Gasteiger partial charge in [0.15, 0.2) is 0 Å². The van der Waals surface area contributed by atoms with E-state index in [4.69, 9.17) is 4.42 Å². The van der Waals surface area contributed by atoms with Gasteiger partial charge in [-0.2, -0.15) is 0 Å². The van der Waals surface area contributed by atoms with Gasteiger partial charge in [-0.05, 0) is 37.1 Å². The maximum absolute atomic E-state index is 12.2. The summed E-state index contributed by atoms with van der Waals surface area (Å²) in [6.45, 7) is 3.02. The topological polar surface area (TPSA) is 57.5 Å². The monoisotopic (exact) mass is 389 g/mol. The summed E-state index contributed by atoms with van der Waals surface area (Å²) in [5, 5.41) is 6.55. The fourth-order valence-electron chi connectivity index (χ4n) is 3.70. The van der Waals surface area contributed by atoms with Crippen LogP contribution in [0.15, 0.2) is 77.2 Å². The van der Waals surface area contributed by atoms with E-state index in [9.17, 15) is 4.79 Å². The minimum Gasteiger partial charge on any atom is -0.460 e. The third kappa shape index (κ3) is 5.56. The van der Waals surface area contributed by atoms with Crippen molar-refractivity contribution in [3.8, 4) is 11.3 Å². The molecular formula is C24H27N3O2. The first-order valence-electron chi connectivity index (χ1n) is 10.2. The van der Waals surface area contributed by atoms with Crippen molar-refractivity contribution in [3.05, 3.63) is 78.6 Å². The van der Waals surface area contributed by atoms with Crippen molar-refractivity contribution in [2.75, 3.05) is 25.0 Å². The summed E-state index contributed by atoms with van der Waals surface area (Å²) in [5.74, 6) is 1.90. The first-order valence-corrected chi connectivity index (χ1v) is 10.2. The summed E-state index contributed by atoms with van der Waals surface area (Å²) in [5.41, 5.74) is 1.95. The van der Waals surface area contributed by atoms with E-state index >= 15 is 0 Å². The van der Waals surface area contributed by atoms with Crippen LogP contribution in [0.4, 0.5) is 5.69 Å². The lowest BCUT2D eigenvalue weighted by atomic mass is 10.0. The third-order valence-electron chi connectivity index (χ3n) is 5.30. The van der Waals surface area contributed by atoms with Gasteiger partial charge in [-0.3, -0.25) is 9.69 Å². The summed E-state index contributed by atoms with van der Waals surface area (Å²) >= 11 is 0. The first kappa shape index (κ1) is 19.4. The maximum Gasteiger partial charge on any atom is 0.238 e. The lowest BCUT2D eigenvalue weighted by Crippen LogP contribution is -2.44. The van der Waals surface area contributed by atoms with Crippen molar-refractivity contribution < 1.29 is 9.21 Å². The second-order valence-electron chi connectivity index (χ2n) is 7.48. The lowest BCUT2D eigenvalue weighted by molar-refractivity contribution is -0.117. The number of likely N-dealkylation sites (tertiary alicyclic amines) is 1. The number of anilines is 1. The van der Waals surface area contributed by atoms with Crippen LogP contribution < -0.4 is 10.6 Å². The first-order chi connectivity index (χ1) is 14.3. The van der Waals surface area contributed by atoms with E-state index in [1.165, 1.54) is 0 Å². The molecule has 5 nitrogen and oxygen atoms in total. The standard InChI is InChI=1S/C24H27N3O2/c28-24(26-21-9-5-2-6-10-21)18-27-15-13-20(14-16-27)25-17-22-11-12-23(29-22)19-7-3-1-4-8-19/h1-12,20,25H,13-18H2,(H,26,28). The molecule has 1 aliphatic rings. The highest BCUT2D eigenvalue weighted by Gasteiger charge is 2.21. The van der Waals surface area contributed by atoms with Crippen molar-refractivity contribution in [2.24, 2.45) is 0 Å². The SMILES string of the molecule is O=C(CN1CCC(NCc2ccc(-c3ccccc3)o2)CC1)Nc1ccccc1. The second-order valence-corrected chi connectivity index (χ2v) is 7.48. The normalized spacial score (nSPS) is 15.3. The second kappa shape index (κ2) is 9.54. The number of nitrogens with one attached hydrogen (secondary N) is 2.